The van der Waals surface area contributed by atoms with E-state index in [1.165, 1.54) is 13.2 Å². The highest BCUT2D eigenvalue weighted by atomic mass is 19.4. The zero-order valence-corrected chi connectivity index (χ0v) is 14.5. The molecule has 0 aliphatic carbocycles. The number of nitrogens with zero attached hydrogens (tertiary/aromatic N) is 2. The van der Waals surface area contributed by atoms with Crippen LogP contribution in [0.4, 0.5) is 13.2 Å². The molecule has 1 heterocycles. The maximum absolute atomic E-state index is 13.0. The second-order valence-electron chi connectivity index (χ2n) is 6.01. The number of para-hydroxylation sites is 1. The van der Waals surface area contributed by atoms with Crippen molar-refractivity contribution in [2.75, 3.05) is 13.7 Å². The van der Waals surface area contributed by atoms with Crippen LogP contribution in [-0.4, -0.2) is 35.6 Å². The molecule has 1 amide bonds. The number of carbonyl (C=O) groups excluding carboxylic acids is 1. The van der Waals surface area contributed by atoms with E-state index < -0.39 is 18.6 Å². The van der Waals surface area contributed by atoms with Crippen molar-refractivity contribution in [2.45, 2.75) is 12.7 Å². The summed E-state index contributed by atoms with van der Waals surface area (Å²) in [6, 6.07) is 16.8. The van der Waals surface area contributed by atoms with Gasteiger partial charge in [-0.3, -0.25) is 4.79 Å². The number of carbonyl (C=O) groups is 1. The number of hydrogen-bond acceptors (Lipinski definition) is 3. The molecule has 2 aromatic carbocycles. The molecule has 1 aromatic heterocycles. The van der Waals surface area contributed by atoms with E-state index in [2.05, 4.69) is 4.98 Å². The first-order valence-corrected chi connectivity index (χ1v) is 8.20. The molecule has 0 unspecified atom stereocenters. The Labute approximate surface area is 154 Å². The molecule has 27 heavy (non-hydrogen) atoms. The van der Waals surface area contributed by atoms with Crippen molar-refractivity contribution in [3.05, 3.63) is 71.9 Å². The summed E-state index contributed by atoms with van der Waals surface area (Å²) in [5, 5.41) is 0.812. The van der Waals surface area contributed by atoms with Crippen LogP contribution in [0.2, 0.25) is 0 Å². The number of halogens is 3. The first-order chi connectivity index (χ1) is 12.9. The Kier molecular flexibility index (Phi) is 5.30. The predicted molar refractivity (Wildman–Crippen MR) is 95.5 cm³/mol. The van der Waals surface area contributed by atoms with Gasteiger partial charge < -0.3 is 9.64 Å². The Morgan fingerprint density at radius 3 is 2.41 bits per heavy atom. The predicted octanol–water partition coefficient (Wildman–Crippen LogP) is 4.45. The summed E-state index contributed by atoms with van der Waals surface area (Å²) >= 11 is 0. The number of methoxy groups -OCH3 is 1. The van der Waals surface area contributed by atoms with Crippen molar-refractivity contribution in [1.29, 1.82) is 0 Å². The first kappa shape index (κ1) is 18.7. The van der Waals surface area contributed by atoms with Crippen LogP contribution in [0.25, 0.3) is 10.9 Å². The highest BCUT2D eigenvalue weighted by Gasteiger charge is 2.33. The lowest BCUT2D eigenvalue weighted by atomic mass is 10.1. The molecule has 3 aromatic rings. The molecule has 0 aliphatic rings. The van der Waals surface area contributed by atoms with E-state index in [1.807, 2.05) is 12.1 Å². The fraction of sp³-hybridized carbons (Fsp3) is 0.200. The molecule has 0 aliphatic heterocycles. The van der Waals surface area contributed by atoms with Gasteiger partial charge in [0.25, 0.3) is 5.91 Å². The molecule has 140 valence electrons. The van der Waals surface area contributed by atoms with Crippen LogP contribution in [0.5, 0.6) is 5.75 Å². The molecule has 0 radical (unpaired) electrons. The highest BCUT2D eigenvalue weighted by molar-refractivity contribution is 5.94. The van der Waals surface area contributed by atoms with Crippen molar-refractivity contribution in [1.82, 2.24) is 9.88 Å². The van der Waals surface area contributed by atoms with Crippen molar-refractivity contribution in [3.63, 3.8) is 0 Å². The largest absolute Gasteiger partial charge is 0.497 e. The first-order valence-electron chi connectivity index (χ1n) is 8.20. The molecule has 0 bridgehead atoms. The van der Waals surface area contributed by atoms with Crippen LogP contribution < -0.4 is 4.74 Å². The molecule has 7 heteroatoms. The lowest BCUT2D eigenvalue weighted by Gasteiger charge is -2.24. The number of pyridine rings is 1. The molecule has 0 N–H and O–H groups in total. The van der Waals surface area contributed by atoms with Crippen molar-refractivity contribution >= 4 is 16.8 Å². The van der Waals surface area contributed by atoms with Gasteiger partial charge in [-0.25, -0.2) is 4.98 Å². The molecule has 0 spiro atoms. The minimum Gasteiger partial charge on any atom is -0.497 e. The molecule has 0 saturated heterocycles. The summed E-state index contributed by atoms with van der Waals surface area (Å²) in [6.07, 6.45) is -4.51. The Morgan fingerprint density at radius 2 is 1.74 bits per heavy atom. The normalized spacial score (nSPS) is 11.4. The number of fused-ring (bicyclic) bond motifs is 1. The van der Waals surface area contributed by atoms with Gasteiger partial charge in [0.15, 0.2) is 0 Å². The van der Waals surface area contributed by atoms with Crippen LogP contribution >= 0.6 is 0 Å². The quantitative estimate of drug-likeness (QED) is 0.663. The third kappa shape index (κ3) is 4.75. The van der Waals surface area contributed by atoms with Gasteiger partial charge in [0, 0.05) is 11.9 Å². The molecule has 0 saturated carbocycles. The lowest BCUT2D eigenvalue weighted by Crippen LogP contribution is -2.38. The standard InChI is InChI=1S/C20H17F3N2O2/c1-27-16-9-6-14(7-10-16)12-25(13-20(21,22)23)19(26)18-11-8-15-4-2-3-5-17(15)24-18/h2-11H,12-13H2,1H3. The minimum atomic E-state index is -4.51. The van der Waals surface area contributed by atoms with Crippen LogP contribution in [0.15, 0.2) is 60.7 Å². The Morgan fingerprint density at radius 1 is 1.04 bits per heavy atom. The molecule has 0 fully saturated rings. The zero-order chi connectivity index (χ0) is 19.4. The molecular formula is C20H17F3N2O2. The van der Waals surface area contributed by atoms with Crippen LogP contribution in [0.3, 0.4) is 0 Å². The van der Waals surface area contributed by atoms with Gasteiger partial charge in [0.2, 0.25) is 0 Å². The monoisotopic (exact) mass is 374 g/mol. The third-order valence-corrected chi connectivity index (χ3v) is 4.01. The highest BCUT2D eigenvalue weighted by Crippen LogP contribution is 2.21. The Bertz CT molecular complexity index is 940. The smallest absolute Gasteiger partial charge is 0.406 e. The summed E-state index contributed by atoms with van der Waals surface area (Å²) < 4.78 is 44.1. The molecule has 3 rings (SSSR count). The molecule has 4 nitrogen and oxygen atoms in total. The molecular weight excluding hydrogens is 357 g/mol. The van der Waals surface area contributed by atoms with Crippen LogP contribution in [0, 0.1) is 0 Å². The van der Waals surface area contributed by atoms with E-state index in [4.69, 9.17) is 4.74 Å². The second kappa shape index (κ2) is 7.65. The Balaban J connectivity index is 1.89. The maximum Gasteiger partial charge on any atom is 0.406 e. The topological polar surface area (TPSA) is 42.4 Å². The summed E-state index contributed by atoms with van der Waals surface area (Å²) in [7, 11) is 1.50. The third-order valence-electron chi connectivity index (χ3n) is 4.01. The van der Waals surface area contributed by atoms with Crippen molar-refractivity contribution in [3.8, 4) is 5.75 Å². The van der Waals surface area contributed by atoms with Crippen LogP contribution in [-0.2, 0) is 6.54 Å². The average Bonchev–Trinajstić information content (AvgIpc) is 2.66. The second-order valence-corrected chi connectivity index (χ2v) is 6.01. The van der Waals surface area contributed by atoms with Gasteiger partial charge in [0.1, 0.15) is 18.0 Å². The number of rotatable bonds is 5. The van der Waals surface area contributed by atoms with E-state index >= 15 is 0 Å². The van der Waals surface area contributed by atoms with Gasteiger partial charge in [-0.1, -0.05) is 36.4 Å². The van der Waals surface area contributed by atoms with Gasteiger partial charge in [-0.05, 0) is 29.8 Å². The number of ether oxygens (including phenoxy) is 1. The lowest BCUT2D eigenvalue weighted by molar-refractivity contribution is -0.141. The SMILES string of the molecule is COc1ccc(CN(CC(F)(F)F)C(=O)c2ccc3ccccc3n2)cc1. The summed E-state index contributed by atoms with van der Waals surface area (Å²) in [4.78, 5) is 17.7. The number of aromatic nitrogens is 1. The Hall–Kier alpha value is -3.09. The maximum atomic E-state index is 13.0. The van der Waals surface area contributed by atoms with Crippen molar-refractivity contribution < 1.29 is 22.7 Å². The van der Waals surface area contributed by atoms with E-state index in [0.717, 1.165) is 10.3 Å². The summed E-state index contributed by atoms with van der Waals surface area (Å²) in [6.45, 7) is -1.54. The zero-order valence-electron chi connectivity index (χ0n) is 14.5. The van der Waals surface area contributed by atoms with E-state index in [1.54, 1.807) is 42.5 Å². The summed E-state index contributed by atoms with van der Waals surface area (Å²) in [5.74, 6) is -0.183. The van der Waals surface area contributed by atoms with E-state index in [0.29, 0.717) is 16.8 Å². The van der Waals surface area contributed by atoms with Gasteiger partial charge >= 0.3 is 6.18 Å². The average molecular weight is 374 g/mol. The van der Waals surface area contributed by atoms with Crippen LogP contribution in [0.1, 0.15) is 16.1 Å². The van der Waals surface area contributed by atoms with E-state index in [9.17, 15) is 18.0 Å². The summed E-state index contributed by atoms with van der Waals surface area (Å²) in [5.41, 5.74) is 1.10. The molecule has 0 atom stereocenters. The van der Waals surface area contributed by atoms with Crippen molar-refractivity contribution in [2.24, 2.45) is 0 Å². The number of amides is 1. The van der Waals surface area contributed by atoms with E-state index in [-0.39, 0.29) is 12.2 Å². The minimum absolute atomic E-state index is 0.0218. The van der Waals surface area contributed by atoms with Gasteiger partial charge in [-0.2, -0.15) is 13.2 Å². The number of hydrogen-bond donors (Lipinski definition) is 0. The van der Waals surface area contributed by atoms with Gasteiger partial charge in [0.05, 0.1) is 12.6 Å². The van der Waals surface area contributed by atoms with Gasteiger partial charge in [-0.15, -0.1) is 0 Å². The number of benzene rings is 2. The fourth-order valence-electron chi connectivity index (χ4n) is 2.71. The fourth-order valence-corrected chi connectivity index (χ4v) is 2.71. The number of alkyl halides is 3.